The highest BCUT2D eigenvalue weighted by atomic mass is 19.1. The van der Waals surface area contributed by atoms with E-state index in [9.17, 15) is 13.6 Å². The van der Waals surface area contributed by atoms with Gasteiger partial charge in [-0.1, -0.05) is 0 Å². The van der Waals surface area contributed by atoms with Crippen molar-refractivity contribution in [1.29, 1.82) is 0 Å². The van der Waals surface area contributed by atoms with Crippen LogP contribution in [0.2, 0.25) is 0 Å². The van der Waals surface area contributed by atoms with E-state index in [0.717, 1.165) is 28.2 Å². The van der Waals surface area contributed by atoms with Crippen LogP contribution in [0.25, 0.3) is 33.1 Å². The lowest BCUT2D eigenvalue weighted by atomic mass is 10.1. The van der Waals surface area contributed by atoms with Crippen molar-refractivity contribution in [1.82, 2.24) is 25.0 Å². The highest BCUT2D eigenvalue weighted by Gasteiger charge is 2.22. The number of nitrogens with zero attached hydrogens (tertiary/aromatic N) is 4. The van der Waals surface area contributed by atoms with Crippen LogP contribution in [0.4, 0.5) is 14.5 Å². The molecule has 5 aromatic rings. The summed E-state index contributed by atoms with van der Waals surface area (Å²) < 4.78 is 30.7. The van der Waals surface area contributed by atoms with Gasteiger partial charge < -0.3 is 5.32 Å². The van der Waals surface area contributed by atoms with E-state index in [2.05, 4.69) is 25.6 Å². The highest BCUT2D eigenvalue weighted by Crippen LogP contribution is 2.29. The van der Waals surface area contributed by atoms with Crippen molar-refractivity contribution in [3.63, 3.8) is 0 Å². The van der Waals surface area contributed by atoms with Crippen molar-refractivity contribution in [2.45, 2.75) is 6.92 Å². The van der Waals surface area contributed by atoms with Gasteiger partial charge in [0.2, 0.25) is 0 Å². The third-order valence-electron chi connectivity index (χ3n) is 5.16. The second-order valence-electron chi connectivity index (χ2n) is 7.22. The van der Waals surface area contributed by atoms with Crippen LogP contribution in [-0.2, 0) is 7.05 Å². The van der Waals surface area contributed by atoms with E-state index in [0.29, 0.717) is 11.4 Å². The van der Waals surface area contributed by atoms with Gasteiger partial charge in [0.25, 0.3) is 5.91 Å². The largest absolute Gasteiger partial charge is 0.322 e. The Balaban J connectivity index is 1.53. The smallest absolute Gasteiger partial charge is 0.261 e. The first-order valence-electron chi connectivity index (χ1n) is 9.44. The van der Waals surface area contributed by atoms with Crippen molar-refractivity contribution in [3.05, 3.63) is 71.7 Å². The molecule has 0 atom stereocenters. The molecule has 2 N–H and O–H groups in total. The number of nitrogens with one attached hydrogen (secondary N) is 2. The van der Waals surface area contributed by atoms with E-state index in [-0.39, 0.29) is 10.9 Å². The Hall–Kier alpha value is -4.14. The molecule has 0 saturated heterocycles. The number of rotatable bonds is 3. The predicted octanol–water partition coefficient (Wildman–Crippen LogP) is 4.35. The molecule has 1 amide bonds. The van der Waals surface area contributed by atoms with E-state index >= 15 is 0 Å². The molecule has 0 aliphatic carbocycles. The maximum atomic E-state index is 14.8. The molecular formula is C22H16F2N6O. The first-order valence-corrected chi connectivity index (χ1v) is 9.44. The quantitative estimate of drug-likeness (QED) is 0.456. The van der Waals surface area contributed by atoms with Crippen LogP contribution in [0.5, 0.6) is 0 Å². The summed E-state index contributed by atoms with van der Waals surface area (Å²) in [6.45, 7) is 1.88. The van der Waals surface area contributed by atoms with E-state index < -0.39 is 23.1 Å². The van der Waals surface area contributed by atoms with Crippen molar-refractivity contribution in [2.24, 2.45) is 7.05 Å². The minimum Gasteiger partial charge on any atom is -0.322 e. The topological polar surface area (TPSA) is 88.5 Å². The second-order valence-corrected chi connectivity index (χ2v) is 7.22. The van der Waals surface area contributed by atoms with Gasteiger partial charge in [-0.05, 0) is 37.3 Å². The van der Waals surface area contributed by atoms with E-state index in [4.69, 9.17) is 0 Å². The minimum absolute atomic E-state index is 0.0784. The molecule has 0 radical (unpaired) electrons. The SMILES string of the molecule is Cc1cc(-c2n[nH]c3ccc(NC(=O)c4c(F)cc5c(cnn5C)c4F)cc23)ccn1. The summed E-state index contributed by atoms with van der Waals surface area (Å²) in [6.07, 6.45) is 2.96. The molecular weight excluding hydrogens is 402 g/mol. The van der Waals surface area contributed by atoms with Gasteiger partial charge in [-0.3, -0.25) is 19.6 Å². The molecule has 0 unspecified atom stereocenters. The zero-order chi connectivity index (χ0) is 21.7. The molecule has 0 spiro atoms. The van der Waals surface area contributed by atoms with Crippen LogP contribution in [0, 0.1) is 18.6 Å². The number of aromatic nitrogens is 5. The van der Waals surface area contributed by atoms with Crippen LogP contribution in [0.1, 0.15) is 16.1 Å². The van der Waals surface area contributed by atoms with E-state index in [1.807, 2.05) is 19.1 Å². The molecule has 31 heavy (non-hydrogen) atoms. The lowest BCUT2D eigenvalue weighted by Crippen LogP contribution is -2.16. The summed E-state index contributed by atoms with van der Waals surface area (Å²) >= 11 is 0. The third kappa shape index (κ3) is 3.10. The second kappa shape index (κ2) is 6.98. The average molecular weight is 418 g/mol. The average Bonchev–Trinajstić information content (AvgIpc) is 3.32. The van der Waals surface area contributed by atoms with Gasteiger partial charge in [0.1, 0.15) is 22.9 Å². The van der Waals surface area contributed by atoms with Crippen LogP contribution < -0.4 is 5.32 Å². The molecule has 0 bridgehead atoms. The lowest BCUT2D eigenvalue weighted by Gasteiger charge is -2.09. The molecule has 0 aliphatic rings. The predicted molar refractivity (Wildman–Crippen MR) is 113 cm³/mol. The third-order valence-corrected chi connectivity index (χ3v) is 5.16. The molecule has 3 heterocycles. The molecule has 2 aromatic carbocycles. The van der Waals surface area contributed by atoms with Crippen LogP contribution in [0.15, 0.2) is 48.8 Å². The zero-order valence-electron chi connectivity index (χ0n) is 16.6. The van der Waals surface area contributed by atoms with Crippen molar-refractivity contribution in [2.75, 3.05) is 5.32 Å². The van der Waals surface area contributed by atoms with Crippen molar-refractivity contribution in [3.8, 4) is 11.3 Å². The first-order chi connectivity index (χ1) is 14.9. The summed E-state index contributed by atoms with van der Waals surface area (Å²) in [7, 11) is 1.57. The number of hydrogen-bond donors (Lipinski definition) is 2. The van der Waals surface area contributed by atoms with Crippen LogP contribution in [0.3, 0.4) is 0 Å². The van der Waals surface area contributed by atoms with E-state index in [1.54, 1.807) is 31.4 Å². The number of H-pyrrole nitrogens is 1. The zero-order valence-corrected chi connectivity index (χ0v) is 16.6. The number of aryl methyl sites for hydroxylation is 2. The normalized spacial score (nSPS) is 11.4. The Morgan fingerprint density at radius 2 is 1.97 bits per heavy atom. The maximum absolute atomic E-state index is 14.8. The van der Waals surface area contributed by atoms with Crippen LogP contribution in [-0.4, -0.2) is 30.9 Å². The Labute approximate surface area is 174 Å². The molecule has 3 aromatic heterocycles. The molecule has 9 heteroatoms. The number of amides is 1. The van der Waals surface area contributed by atoms with Crippen molar-refractivity contribution < 1.29 is 13.6 Å². The Kier molecular flexibility index (Phi) is 4.25. The molecule has 0 saturated carbocycles. The highest BCUT2D eigenvalue weighted by molar-refractivity contribution is 6.08. The van der Waals surface area contributed by atoms with Crippen LogP contribution >= 0.6 is 0 Å². The fraction of sp³-hybridized carbons (Fsp3) is 0.0909. The summed E-state index contributed by atoms with van der Waals surface area (Å²) in [5.74, 6) is -2.79. The summed E-state index contributed by atoms with van der Waals surface area (Å²) in [4.78, 5) is 16.9. The summed E-state index contributed by atoms with van der Waals surface area (Å²) in [5, 5.41) is 14.6. The van der Waals surface area contributed by atoms with Crippen molar-refractivity contribution >= 4 is 33.4 Å². The number of carbonyl (C=O) groups is 1. The monoisotopic (exact) mass is 418 g/mol. The summed E-state index contributed by atoms with van der Waals surface area (Å²) in [6, 6.07) is 9.92. The first kappa shape index (κ1) is 18.9. The lowest BCUT2D eigenvalue weighted by molar-refractivity contribution is 0.101. The number of fused-ring (bicyclic) bond motifs is 2. The number of anilines is 1. The van der Waals surface area contributed by atoms with Gasteiger partial charge in [0.15, 0.2) is 0 Å². The van der Waals surface area contributed by atoms with Gasteiger partial charge in [-0.25, -0.2) is 8.78 Å². The number of carbonyl (C=O) groups excluding carboxylic acids is 1. The maximum Gasteiger partial charge on any atom is 0.261 e. The Morgan fingerprint density at radius 1 is 1.13 bits per heavy atom. The van der Waals surface area contributed by atoms with Gasteiger partial charge in [0.05, 0.1) is 22.6 Å². The molecule has 154 valence electrons. The number of hydrogen-bond acceptors (Lipinski definition) is 4. The molecule has 5 rings (SSSR count). The Bertz CT molecular complexity index is 1490. The van der Waals surface area contributed by atoms with Gasteiger partial charge in [0, 0.05) is 41.6 Å². The van der Waals surface area contributed by atoms with Gasteiger partial charge >= 0.3 is 0 Å². The van der Waals surface area contributed by atoms with E-state index in [1.165, 1.54) is 10.9 Å². The summed E-state index contributed by atoms with van der Waals surface area (Å²) in [5.41, 5.74) is 3.15. The number of benzene rings is 2. The number of aromatic amines is 1. The number of pyridine rings is 1. The standard InChI is InChI=1S/C22H16F2N6O/c1-11-7-12(5-6-25-11)21-14-8-13(3-4-17(14)28-29-21)27-22(31)19-16(23)9-18-15(20(19)24)10-26-30(18)2/h3-10H,1-2H3,(H,27,31)(H,28,29). The fourth-order valence-corrected chi connectivity index (χ4v) is 3.63. The fourth-order valence-electron chi connectivity index (χ4n) is 3.63. The Morgan fingerprint density at radius 3 is 2.77 bits per heavy atom. The van der Waals surface area contributed by atoms with Gasteiger partial charge in [-0.15, -0.1) is 0 Å². The molecule has 7 nitrogen and oxygen atoms in total. The molecule has 0 aliphatic heterocycles. The number of halogens is 2. The minimum atomic E-state index is -0.955. The molecule has 0 fully saturated rings. The van der Waals surface area contributed by atoms with Gasteiger partial charge in [-0.2, -0.15) is 10.2 Å².